The maximum Gasteiger partial charge on any atom is 0.232 e. The molecule has 1 saturated carbocycles. The highest BCUT2D eigenvalue weighted by Gasteiger charge is 2.20. The molecule has 0 amide bonds. The Hall–Kier alpha value is -1.24. The predicted octanol–water partition coefficient (Wildman–Crippen LogP) is 0.770. The van der Waals surface area contributed by atoms with Gasteiger partial charge in [0.1, 0.15) is 6.61 Å². The highest BCUT2D eigenvalue weighted by atomic mass is 16.5. The number of aromatic nitrogens is 2. The van der Waals surface area contributed by atoms with Crippen molar-refractivity contribution in [2.24, 2.45) is 0 Å². The molecule has 1 aliphatic rings. The van der Waals surface area contributed by atoms with Crippen molar-refractivity contribution in [3.05, 3.63) is 18.1 Å². The molecule has 0 radical (unpaired) electrons. The van der Waals surface area contributed by atoms with Crippen LogP contribution in [0.4, 0.5) is 0 Å². The Kier molecular flexibility index (Phi) is 6.00. The lowest BCUT2D eigenvalue weighted by atomic mass is 10.4. The molecule has 0 atom stereocenters. The molecule has 0 unspecified atom stereocenters. The third-order valence-corrected chi connectivity index (χ3v) is 2.72. The Morgan fingerprint density at radius 2 is 2.05 bits per heavy atom. The molecular weight excluding hydrogens is 246 g/mol. The molecule has 1 heterocycles. The monoisotopic (exact) mass is 267 g/mol. The predicted molar refractivity (Wildman–Crippen MR) is 70.1 cm³/mol. The maximum absolute atomic E-state index is 5.48. The fraction of sp³-hybridized carbons (Fsp3) is 0.692. The fourth-order valence-corrected chi connectivity index (χ4v) is 1.53. The van der Waals surface area contributed by atoms with Gasteiger partial charge in [-0.1, -0.05) is 0 Å². The largest absolute Gasteiger partial charge is 0.474 e. The molecule has 1 fully saturated rings. The van der Waals surface area contributed by atoms with Gasteiger partial charge in [-0.3, -0.25) is 4.98 Å². The molecule has 6 heteroatoms. The van der Waals surface area contributed by atoms with Crippen molar-refractivity contribution in [3.8, 4) is 5.88 Å². The fourth-order valence-electron chi connectivity index (χ4n) is 1.53. The van der Waals surface area contributed by atoms with Gasteiger partial charge in [0.05, 0.1) is 31.7 Å². The van der Waals surface area contributed by atoms with E-state index in [1.54, 1.807) is 19.5 Å². The molecule has 0 spiro atoms. The van der Waals surface area contributed by atoms with E-state index in [-0.39, 0.29) is 0 Å². The van der Waals surface area contributed by atoms with Crippen LogP contribution in [0.15, 0.2) is 12.4 Å². The van der Waals surface area contributed by atoms with Crippen LogP contribution < -0.4 is 10.1 Å². The van der Waals surface area contributed by atoms with Gasteiger partial charge < -0.3 is 19.5 Å². The zero-order chi connectivity index (χ0) is 13.3. The Morgan fingerprint density at radius 1 is 1.21 bits per heavy atom. The van der Waals surface area contributed by atoms with Crippen LogP contribution in [0.3, 0.4) is 0 Å². The van der Waals surface area contributed by atoms with E-state index in [0.717, 1.165) is 12.2 Å². The van der Waals surface area contributed by atoms with Crippen molar-refractivity contribution in [1.29, 1.82) is 0 Å². The number of ether oxygens (including phenoxy) is 3. The second kappa shape index (κ2) is 8.04. The zero-order valence-corrected chi connectivity index (χ0v) is 11.3. The summed E-state index contributed by atoms with van der Waals surface area (Å²) >= 11 is 0. The average Bonchev–Trinajstić information content (AvgIpc) is 3.25. The molecule has 1 aliphatic carbocycles. The minimum atomic E-state index is 0.470. The lowest BCUT2D eigenvalue weighted by molar-refractivity contribution is 0.0536. The first-order valence-corrected chi connectivity index (χ1v) is 6.62. The third kappa shape index (κ3) is 5.96. The van der Waals surface area contributed by atoms with E-state index in [4.69, 9.17) is 14.2 Å². The van der Waals surface area contributed by atoms with Crippen LogP contribution in [-0.2, 0) is 16.0 Å². The van der Waals surface area contributed by atoms with E-state index < -0.39 is 0 Å². The van der Waals surface area contributed by atoms with Crippen molar-refractivity contribution in [2.75, 3.05) is 33.5 Å². The summed E-state index contributed by atoms with van der Waals surface area (Å²) in [6.45, 7) is 2.92. The normalized spacial score (nSPS) is 14.6. The number of rotatable bonds is 10. The van der Waals surface area contributed by atoms with Crippen LogP contribution in [0.2, 0.25) is 0 Å². The summed E-state index contributed by atoms with van der Waals surface area (Å²) in [7, 11) is 1.65. The first-order valence-electron chi connectivity index (χ1n) is 6.62. The second-order valence-corrected chi connectivity index (χ2v) is 4.46. The minimum Gasteiger partial charge on any atom is -0.474 e. The Balaban J connectivity index is 1.63. The van der Waals surface area contributed by atoms with Crippen LogP contribution in [0, 0.1) is 0 Å². The third-order valence-electron chi connectivity index (χ3n) is 2.72. The smallest absolute Gasteiger partial charge is 0.232 e. The Morgan fingerprint density at radius 3 is 2.84 bits per heavy atom. The highest BCUT2D eigenvalue weighted by Crippen LogP contribution is 2.19. The van der Waals surface area contributed by atoms with Gasteiger partial charge in [0.2, 0.25) is 5.88 Å². The molecule has 106 valence electrons. The number of hydrogen-bond donors (Lipinski definition) is 1. The van der Waals surface area contributed by atoms with E-state index in [1.807, 2.05) is 0 Å². The molecule has 0 aromatic carbocycles. The molecule has 6 nitrogen and oxygen atoms in total. The van der Waals surface area contributed by atoms with Gasteiger partial charge in [0.15, 0.2) is 0 Å². The van der Waals surface area contributed by atoms with Crippen molar-refractivity contribution in [3.63, 3.8) is 0 Å². The summed E-state index contributed by atoms with van der Waals surface area (Å²) in [5, 5.41) is 3.39. The first-order chi connectivity index (χ1) is 9.38. The quantitative estimate of drug-likeness (QED) is 0.632. The van der Waals surface area contributed by atoms with E-state index in [1.165, 1.54) is 12.8 Å². The van der Waals surface area contributed by atoms with E-state index in [0.29, 0.717) is 38.3 Å². The van der Waals surface area contributed by atoms with Crippen LogP contribution >= 0.6 is 0 Å². The second-order valence-electron chi connectivity index (χ2n) is 4.46. The first kappa shape index (κ1) is 14.2. The summed E-state index contributed by atoms with van der Waals surface area (Å²) in [6, 6.07) is 0.667. The van der Waals surface area contributed by atoms with Crippen molar-refractivity contribution in [2.45, 2.75) is 25.4 Å². The molecule has 1 aromatic rings. The van der Waals surface area contributed by atoms with Gasteiger partial charge in [0.25, 0.3) is 0 Å². The van der Waals surface area contributed by atoms with E-state index in [9.17, 15) is 0 Å². The molecule has 19 heavy (non-hydrogen) atoms. The summed E-state index contributed by atoms with van der Waals surface area (Å²) in [6.07, 6.45) is 5.91. The molecule has 0 saturated heterocycles. The maximum atomic E-state index is 5.48. The number of nitrogens with zero attached hydrogens (tertiary/aromatic N) is 2. The number of hydrogen-bond acceptors (Lipinski definition) is 6. The van der Waals surface area contributed by atoms with Gasteiger partial charge in [-0.25, -0.2) is 4.98 Å². The lowest BCUT2D eigenvalue weighted by Crippen LogP contribution is -2.17. The SMILES string of the molecule is COCCOCCOc1cncc(CNC2CC2)n1. The van der Waals surface area contributed by atoms with Crippen molar-refractivity contribution >= 4 is 0 Å². The van der Waals surface area contributed by atoms with Crippen LogP contribution in [-0.4, -0.2) is 49.5 Å². The van der Waals surface area contributed by atoms with Gasteiger partial charge in [-0.2, -0.15) is 0 Å². The number of methoxy groups -OCH3 is 1. The topological polar surface area (TPSA) is 65.5 Å². The van der Waals surface area contributed by atoms with E-state index >= 15 is 0 Å². The minimum absolute atomic E-state index is 0.470. The van der Waals surface area contributed by atoms with Gasteiger partial charge in [-0.15, -0.1) is 0 Å². The van der Waals surface area contributed by atoms with Gasteiger partial charge >= 0.3 is 0 Å². The van der Waals surface area contributed by atoms with Crippen LogP contribution in [0.25, 0.3) is 0 Å². The molecule has 2 rings (SSSR count). The highest BCUT2D eigenvalue weighted by molar-refractivity contribution is 5.08. The number of nitrogens with one attached hydrogen (secondary N) is 1. The summed E-state index contributed by atoms with van der Waals surface area (Å²) in [5.74, 6) is 0.547. The van der Waals surface area contributed by atoms with Crippen LogP contribution in [0.5, 0.6) is 5.88 Å². The van der Waals surface area contributed by atoms with Gasteiger partial charge in [-0.05, 0) is 12.8 Å². The molecule has 0 bridgehead atoms. The molecular formula is C13H21N3O3. The van der Waals surface area contributed by atoms with Crippen molar-refractivity contribution in [1.82, 2.24) is 15.3 Å². The standard InChI is InChI=1S/C13H21N3O3/c1-17-4-5-18-6-7-19-13-10-14-8-12(16-13)9-15-11-2-3-11/h8,10-11,15H,2-7,9H2,1H3. The van der Waals surface area contributed by atoms with E-state index in [2.05, 4.69) is 15.3 Å². The molecule has 1 aromatic heterocycles. The Labute approximate surface area is 113 Å². The average molecular weight is 267 g/mol. The molecule has 1 N–H and O–H groups in total. The van der Waals surface area contributed by atoms with Crippen molar-refractivity contribution < 1.29 is 14.2 Å². The van der Waals surface area contributed by atoms with Gasteiger partial charge in [0, 0.05) is 25.9 Å². The summed E-state index contributed by atoms with van der Waals surface area (Å²) in [5.41, 5.74) is 0.907. The summed E-state index contributed by atoms with van der Waals surface area (Å²) < 4.78 is 15.7. The zero-order valence-electron chi connectivity index (χ0n) is 11.3. The lowest BCUT2D eigenvalue weighted by Gasteiger charge is -2.07. The Bertz CT molecular complexity index is 372. The molecule has 0 aliphatic heterocycles. The summed E-state index contributed by atoms with van der Waals surface area (Å²) in [4.78, 5) is 8.50. The van der Waals surface area contributed by atoms with Crippen LogP contribution in [0.1, 0.15) is 18.5 Å².